The maximum absolute atomic E-state index is 12.6. The van der Waals surface area contributed by atoms with Gasteiger partial charge < -0.3 is 15.8 Å². The van der Waals surface area contributed by atoms with Crippen molar-refractivity contribution in [3.8, 4) is 0 Å². The standard InChI is InChI=1S/C19H29N3O4S.ClH/c20-14-16-2-1-3-18(16)21-19(23)9-6-15-4-7-17(8-5-15)27(24,25)22-10-12-26-13-11-22;/h4-5,7-8,16,18H,1-3,6,9-14,20H2,(H,21,23);1H. The van der Waals surface area contributed by atoms with Gasteiger partial charge in [0.1, 0.15) is 0 Å². The largest absolute Gasteiger partial charge is 0.379 e. The summed E-state index contributed by atoms with van der Waals surface area (Å²) in [6, 6.07) is 7.03. The number of sulfonamides is 1. The van der Waals surface area contributed by atoms with E-state index in [0.717, 1.165) is 24.8 Å². The molecule has 0 aromatic heterocycles. The number of carbonyl (C=O) groups excluding carboxylic acids is 1. The molecule has 1 aromatic carbocycles. The summed E-state index contributed by atoms with van der Waals surface area (Å²) in [6.07, 6.45) is 4.18. The van der Waals surface area contributed by atoms with Crippen LogP contribution in [0.4, 0.5) is 0 Å². The van der Waals surface area contributed by atoms with E-state index in [1.54, 1.807) is 24.3 Å². The molecule has 1 saturated carbocycles. The second-order valence-corrected chi connectivity index (χ2v) is 9.20. The molecule has 9 heteroatoms. The number of aryl methyl sites for hydroxylation is 1. The number of nitrogens with one attached hydrogen (secondary N) is 1. The van der Waals surface area contributed by atoms with Crippen LogP contribution in [0.5, 0.6) is 0 Å². The van der Waals surface area contributed by atoms with Gasteiger partial charge in [0.05, 0.1) is 18.1 Å². The zero-order valence-corrected chi connectivity index (χ0v) is 17.6. The van der Waals surface area contributed by atoms with Crippen LogP contribution in [0.1, 0.15) is 31.2 Å². The highest BCUT2D eigenvalue weighted by molar-refractivity contribution is 7.89. The quantitative estimate of drug-likeness (QED) is 0.677. The molecule has 1 amide bonds. The molecule has 1 aromatic rings. The molecule has 0 radical (unpaired) electrons. The molecule has 3 N–H and O–H groups in total. The topological polar surface area (TPSA) is 102 Å². The van der Waals surface area contributed by atoms with E-state index < -0.39 is 10.0 Å². The van der Waals surface area contributed by atoms with Crippen LogP contribution in [0.2, 0.25) is 0 Å². The Labute approximate surface area is 173 Å². The maximum Gasteiger partial charge on any atom is 0.243 e. The number of amides is 1. The molecule has 1 saturated heterocycles. The van der Waals surface area contributed by atoms with Crippen LogP contribution in [-0.2, 0) is 26.0 Å². The van der Waals surface area contributed by atoms with E-state index in [-0.39, 0.29) is 29.3 Å². The molecule has 28 heavy (non-hydrogen) atoms. The monoisotopic (exact) mass is 431 g/mol. The number of carbonyl (C=O) groups is 1. The second-order valence-electron chi connectivity index (χ2n) is 7.26. The predicted molar refractivity (Wildman–Crippen MR) is 110 cm³/mol. The Kier molecular flexibility index (Phi) is 8.70. The van der Waals surface area contributed by atoms with Gasteiger partial charge in [0.2, 0.25) is 15.9 Å². The summed E-state index contributed by atoms with van der Waals surface area (Å²) < 4.78 is 31.9. The number of rotatable bonds is 7. The summed E-state index contributed by atoms with van der Waals surface area (Å²) in [5, 5.41) is 3.10. The van der Waals surface area contributed by atoms with Gasteiger partial charge in [0.15, 0.2) is 0 Å². The smallest absolute Gasteiger partial charge is 0.243 e. The predicted octanol–water partition coefficient (Wildman–Crippen LogP) is 1.31. The summed E-state index contributed by atoms with van der Waals surface area (Å²) >= 11 is 0. The summed E-state index contributed by atoms with van der Waals surface area (Å²) in [4.78, 5) is 12.5. The lowest BCUT2D eigenvalue weighted by Gasteiger charge is -2.26. The minimum absolute atomic E-state index is 0. The van der Waals surface area contributed by atoms with Gasteiger partial charge in [-0.1, -0.05) is 18.6 Å². The summed E-state index contributed by atoms with van der Waals surface area (Å²) in [7, 11) is -3.47. The van der Waals surface area contributed by atoms with Crippen molar-refractivity contribution in [3.63, 3.8) is 0 Å². The number of halogens is 1. The lowest BCUT2D eigenvalue weighted by molar-refractivity contribution is -0.122. The molecule has 1 aliphatic carbocycles. The highest BCUT2D eigenvalue weighted by Crippen LogP contribution is 2.24. The van der Waals surface area contributed by atoms with E-state index in [9.17, 15) is 13.2 Å². The number of ether oxygens (including phenoxy) is 1. The normalized spacial score (nSPS) is 23.2. The van der Waals surface area contributed by atoms with Crippen molar-refractivity contribution in [3.05, 3.63) is 29.8 Å². The van der Waals surface area contributed by atoms with Gasteiger partial charge in [0.25, 0.3) is 0 Å². The van der Waals surface area contributed by atoms with Crippen molar-refractivity contribution in [2.75, 3.05) is 32.8 Å². The van der Waals surface area contributed by atoms with Crippen molar-refractivity contribution in [2.24, 2.45) is 11.7 Å². The Morgan fingerprint density at radius 2 is 1.86 bits per heavy atom. The molecular weight excluding hydrogens is 402 g/mol. The van der Waals surface area contributed by atoms with Crippen LogP contribution in [0.15, 0.2) is 29.2 Å². The fraction of sp³-hybridized carbons (Fsp3) is 0.632. The summed E-state index contributed by atoms with van der Waals surface area (Å²) in [5.41, 5.74) is 6.71. The first kappa shape index (κ1) is 23.1. The average Bonchev–Trinajstić information content (AvgIpc) is 3.14. The number of benzene rings is 1. The van der Waals surface area contributed by atoms with Crippen LogP contribution in [0.3, 0.4) is 0 Å². The molecule has 2 aliphatic rings. The fourth-order valence-corrected chi connectivity index (χ4v) is 5.22. The van der Waals surface area contributed by atoms with Crippen molar-refractivity contribution in [1.82, 2.24) is 9.62 Å². The van der Waals surface area contributed by atoms with E-state index >= 15 is 0 Å². The molecule has 1 aliphatic heterocycles. The van der Waals surface area contributed by atoms with E-state index in [2.05, 4.69) is 5.32 Å². The highest BCUT2D eigenvalue weighted by Gasteiger charge is 2.27. The van der Waals surface area contributed by atoms with Gasteiger partial charge in [-0.25, -0.2) is 8.42 Å². The number of hydrogen-bond donors (Lipinski definition) is 2. The molecule has 0 bridgehead atoms. The third-order valence-electron chi connectivity index (χ3n) is 5.48. The molecule has 7 nitrogen and oxygen atoms in total. The van der Waals surface area contributed by atoms with Crippen molar-refractivity contribution in [2.45, 2.75) is 43.0 Å². The summed E-state index contributed by atoms with van der Waals surface area (Å²) in [6.45, 7) is 2.24. The third-order valence-corrected chi connectivity index (χ3v) is 7.39. The van der Waals surface area contributed by atoms with Crippen LogP contribution < -0.4 is 11.1 Å². The maximum atomic E-state index is 12.6. The van der Waals surface area contributed by atoms with Crippen LogP contribution in [0.25, 0.3) is 0 Å². The van der Waals surface area contributed by atoms with Gasteiger partial charge >= 0.3 is 0 Å². The molecular formula is C19H30ClN3O4S. The molecule has 2 unspecified atom stereocenters. The van der Waals surface area contributed by atoms with E-state index in [1.807, 2.05) is 0 Å². The SMILES string of the molecule is Cl.NCC1CCCC1NC(=O)CCc1ccc(S(=O)(=O)N2CCOCC2)cc1. The van der Waals surface area contributed by atoms with Crippen molar-refractivity contribution in [1.29, 1.82) is 0 Å². The lowest BCUT2D eigenvalue weighted by Crippen LogP contribution is -2.40. The van der Waals surface area contributed by atoms with Gasteiger partial charge in [-0.15, -0.1) is 12.4 Å². The molecule has 2 atom stereocenters. The van der Waals surface area contributed by atoms with E-state index in [0.29, 0.717) is 51.6 Å². The van der Waals surface area contributed by atoms with Crippen molar-refractivity contribution >= 4 is 28.3 Å². The van der Waals surface area contributed by atoms with E-state index in [4.69, 9.17) is 10.5 Å². The van der Waals surface area contributed by atoms with Gasteiger partial charge in [-0.05, 0) is 49.4 Å². The van der Waals surface area contributed by atoms with Crippen molar-refractivity contribution < 1.29 is 17.9 Å². The zero-order valence-electron chi connectivity index (χ0n) is 16.0. The Balaban J connectivity index is 0.00000280. The first-order chi connectivity index (χ1) is 13.0. The first-order valence-corrected chi connectivity index (χ1v) is 11.1. The van der Waals surface area contributed by atoms with Gasteiger partial charge in [-0.3, -0.25) is 4.79 Å². The second kappa shape index (κ2) is 10.5. The van der Waals surface area contributed by atoms with Crippen LogP contribution in [0, 0.1) is 5.92 Å². The first-order valence-electron chi connectivity index (χ1n) is 9.67. The number of nitrogens with two attached hydrogens (primary N) is 1. The molecule has 0 spiro atoms. The van der Waals surface area contributed by atoms with Gasteiger partial charge in [-0.2, -0.15) is 4.31 Å². The Morgan fingerprint density at radius 3 is 2.50 bits per heavy atom. The minimum Gasteiger partial charge on any atom is -0.379 e. The molecule has 3 rings (SSSR count). The minimum atomic E-state index is -3.47. The Bertz CT molecular complexity index is 736. The van der Waals surface area contributed by atoms with Crippen LogP contribution in [-0.4, -0.2) is 57.5 Å². The lowest BCUT2D eigenvalue weighted by atomic mass is 10.0. The molecule has 158 valence electrons. The molecule has 1 heterocycles. The average molecular weight is 432 g/mol. The van der Waals surface area contributed by atoms with Crippen LogP contribution >= 0.6 is 12.4 Å². The highest BCUT2D eigenvalue weighted by atomic mass is 35.5. The fourth-order valence-electron chi connectivity index (χ4n) is 3.81. The third kappa shape index (κ3) is 5.67. The number of hydrogen-bond acceptors (Lipinski definition) is 5. The van der Waals surface area contributed by atoms with E-state index in [1.165, 1.54) is 4.31 Å². The Hall–Kier alpha value is -1.19. The Morgan fingerprint density at radius 1 is 1.18 bits per heavy atom. The zero-order chi connectivity index (χ0) is 19.3. The number of nitrogens with zero attached hydrogens (tertiary/aromatic N) is 1. The molecule has 2 fully saturated rings. The number of morpholine rings is 1. The van der Waals surface area contributed by atoms with Gasteiger partial charge in [0, 0.05) is 25.6 Å². The summed E-state index contributed by atoms with van der Waals surface area (Å²) in [5.74, 6) is 0.420.